The number of carbonyl (C=O) groups is 1. The lowest BCUT2D eigenvalue weighted by Gasteiger charge is -2.21. The molecular formula is C16H19N3O. The van der Waals surface area contributed by atoms with Gasteiger partial charge in [-0.15, -0.1) is 0 Å². The standard InChI is InChI=1S/C16H19N3O/c1-12-10-15(17-18(12)2)16(20)19(14-8-9-14)11-13-6-4-3-5-7-13/h3-7,10,14H,8-9,11H2,1-2H3. The molecule has 0 N–H and O–H groups in total. The first-order valence-electron chi connectivity index (χ1n) is 7.00. The van der Waals surface area contributed by atoms with E-state index in [0.29, 0.717) is 18.3 Å². The highest BCUT2D eigenvalue weighted by Gasteiger charge is 2.34. The topological polar surface area (TPSA) is 38.1 Å². The van der Waals surface area contributed by atoms with Crippen LogP contribution < -0.4 is 0 Å². The van der Waals surface area contributed by atoms with Gasteiger partial charge in [-0.05, 0) is 31.4 Å². The summed E-state index contributed by atoms with van der Waals surface area (Å²) < 4.78 is 1.75. The fourth-order valence-electron chi connectivity index (χ4n) is 2.35. The number of amides is 1. The Morgan fingerprint density at radius 2 is 2.05 bits per heavy atom. The van der Waals surface area contributed by atoms with E-state index >= 15 is 0 Å². The van der Waals surface area contributed by atoms with E-state index in [1.165, 1.54) is 5.56 Å². The molecule has 0 bridgehead atoms. The largest absolute Gasteiger partial charge is 0.330 e. The van der Waals surface area contributed by atoms with Gasteiger partial charge >= 0.3 is 0 Å². The third-order valence-corrected chi connectivity index (χ3v) is 3.78. The van der Waals surface area contributed by atoms with Crippen molar-refractivity contribution >= 4 is 5.91 Å². The lowest BCUT2D eigenvalue weighted by atomic mass is 10.2. The van der Waals surface area contributed by atoms with Crippen LogP contribution in [0.15, 0.2) is 36.4 Å². The quantitative estimate of drug-likeness (QED) is 0.855. The van der Waals surface area contributed by atoms with E-state index in [4.69, 9.17) is 0 Å². The van der Waals surface area contributed by atoms with Gasteiger partial charge in [0.2, 0.25) is 0 Å². The molecule has 1 aliphatic rings. The fraction of sp³-hybridized carbons (Fsp3) is 0.375. The van der Waals surface area contributed by atoms with Gasteiger partial charge in [-0.2, -0.15) is 5.10 Å². The summed E-state index contributed by atoms with van der Waals surface area (Å²) in [5, 5.41) is 4.31. The minimum absolute atomic E-state index is 0.0417. The molecule has 0 aliphatic heterocycles. The maximum Gasteiger partial charge on any atom is 0.274 e. The first kappa shape index (κ1) is 12.9. The third-order valence-electron chi connectivity index (χ3n) is 3.78. The highest BCUT2D eigenvalue weighted by Crippen LogP contribution is 2.29. The van der Waals surface area contributed by atoms with Crippen LogP contribution in [-0.2, 0) is 13.6 Å². The Labute approximate surface area is 119 Å². The van der Waals surface area contributed by atoms with E-state index in [-0.39, 0.29) is 5.91 Å². The summed E-state index contributed by atoms with van der Waals surface area (Å²) in [5.74, 6) is 0.0417. The van der Waals surface area contributed by atoms with Crippen LogP contribution in [0.1, 0.15) is 34.6 Å². The molecule has 1 saturated carbocycles. The highest BCUT2D eigenvalue weighted by molar-refractivity contribution is 5.92. The molecule has 0 saturated heterocycles. The van der Waals surface area contributed by atoms with Crippen LogP contribution in [0.25, 0.3) is 0 Å². The van der Waals surface area contributed by atoms with E-state index in [2.05, 4.69) is 17.2 Å². The molecule has 3 rings (SSSR count). The van der Waals surface area contributed by atoms with Gasteiger partial charge in [0.05, 0.1) is 0 Å². The lowest BCUT2D eigenvalue weighted by Crippen LogP contribution is -2.33. The number of carbonyl (C=O) groups excluding carboxylic acids is 1. The minimum atomic E-state index is 0.0417. The van der Waals surface area contributed by atoms with E-state index in [1.54, 1.807) is 4.68 Å². The van der Waals surface area contributed by atoms with Crippen molar-refractivity contribution in [2.45, 2.75) is 32.4 Å². The molecule has 0 atom stereocenters. The van der Waals surface area contributed by atoms with Crippen molar-refractivity contribution in [3.8, 4) is 0 Å². The van der Waals surface area contributed by atoms with Crippen molar-refractivity contribution < 1.29 is 4.79 Å². The predicted molar refractivity (Wildman–Crippen MR) is 77.3 cm³/mol. The van der Waals surface area contributed by atoms with E-state index in [9.17, 15) is 4.79 Å². The van der Waals surface area contributed by atoms with Crippen molar-refractivity contribution in [2.75, 3.05) is 0 Å². The summed E-state index contributed by atoms with van der Waals surface area (Å²) in [6.45, 7) is 2.63. The predicted octanol–water partition coefficient (Wildman–Crippen LogP) is 2.53. The van der Waals surface area contributed by atoms with Crippen LogP contribution >= 0.6 is 0 Å². The van der Waals surface area contributed by atoms with Crippen LogP contribution in [0.5, 0.6) is 0 Å². The van der Waals surface area contributed by atoms with Crippen molar-refractivity contribution in [1.82, 2.24) is 14.7 Å². The molecule has 20 heavy (non-hydrogen) atoms. The molecule has 0 spiro atoms. The average molecular weight is 269 g/mol. The minimum Gasteiger partial charge on any atom is -0.330 e. The number of hydrogen-bond acceptors (Lipinski definition) is 2. The summed E-state index contributed by atoms with van der Waals surface area (Å²) in [4.78, 5) is 14.6. The smallest absolute Gasteiger partial charge is 0.274 e. The van der Waals surface area contributed by atoms with Crippen molar-refractivity contribution in [3.05, 3.63) is 53.3 Å². The highest BCUT2D eigenvalue weighted by atomic mass is 16.2. The van der Waals surface area contributed by atoms with Gasteiger partial charge in [0.1, 0.15) is 0 Å². The second kappa shape index (κ2) is 5.12. The van der Waals surface area contributed by atoms with Gasteiger partial charge in [0, 0.05) is 25.3 Å². The Morgan fingerprint density at radius 1 is 1.35 bits per heavy atom. The second-order valence-electron chi connectivity index (χ2n) is 5.44. The molecule has 1 amide bonds. The molecule has 0 radical (unpaired) electrons. The number of aryl methyl sites for hydroxylation is 2. The molecule has 104 valence electrons. The molecule has 2 aromatic rings. The number of nitrogens with zero attached hydrogens (tertiary/aromatic N) is 3. The summed E-state index contributed by atoms with van der Waals surface area (Å²) in [7, 11) is 1.87. The maximum atomic E-state index is 12.6. The number of rotatable bonds is 4. The molecule has 1 aromatic heterocycles. The molecule has 1 aromatic carbocycles. The molecular weight excluding hydrogens is 250 g/mol. The SMILES string of the molecule is Cc1cc(C(=O)N(Cc2ccccc2)C2CC2)nn1C. The maximum absolute atomic E-state index is 12.6. The Bertz CT molecular complexity index is 594. The Hall–Kier alpha value is -2.10. The van der Waals surface area contributed by atoms with Gasteiger partial charge < -0.3 is 4.90 Å². The molecule has 4 heteroatoms. The van der Waals surface area contributed by atoms with Crippen LogP contribution in [0.3, 0.4) is 0 Å². The number of benzene rings is 1. The number of aromatic nitrogens is 2. The van der Waals surface area contributed by atoms with Gasteiger partial charge in [0.15, 0.2) is 5.69 Å². The summed E-state index contributed by atoms with van der Waals surface area (Å²) in [5.41, 5.74) is 2.72. The third kappa shape index (κ3) is 2.59. The Kier molecular flexibility index (Phi) is 3.30. The fourth-order valence-corrected chi connectivity index (χ4v) is 2.35. The van der Waals surface area contributed by atoms with Crippen LogP contribution in [-0.4, -0.2) is 26.6 Å². The zero-order chi connectivity index (χ0) is 14.1. The summed E-state index contributed by atoms with van der Waals surface area (Å²) >= 11 is 0. The second-order valence-corrected chi connectivity index (χ2v) is 5.44. The average Bonchev–Trinajstić information content (AvgIpc) is 3.23. The van der Waals surface area contributed by atoms with Gasteiger partial charge in [0.25, 0.3) is 5.91 Å². The van der Waals surface area contributed by atoms with Crippen molar-refractivity contribution in [1.29, 1.82) is 0 Å². The van der Waals surface area contributed by atoms with E-state index in [0.717, 1.165) is 18.5 Å². The van der Waals surface area contributed by atoms with Gasteiger partial charge in [-0.3, -0.25) is 9.48 Å². The van der Waals surface area contributed by atoms with Crippen molar-refractivity contribution in [2.24, 2.45) is 7.05 Å². The summed E-state index contributed by atoms with van der Waals surface area (Å²) in [6.07, 6.45) is 2.20. The summed E-state index contributed by atoms with van der Waals surface area (Å²) in [6, 6.07) is 12.4. The Morgan fingerprint density at radius 3 is 2.60 bits per heavy atom. The zero-order valence-electron chi connectivity index (χ0n) is 11.9. The Balaban J connectivity index is 1.82. The van der Waals surface area contributed by atoms with Crippen LogP contribution in [0, 0.1) is 6.92 Å². The normalized spacial score (nSPS) is 14.3. The van der Waals surface area contributed by atoms with E-state index < -0.39 is 0 Å². The monoisotopic (exact) mass is 269 g/mol. The van der Waals surface area contributed by atoms with Gasteiger partial charge in [-0.1, -0.05) is 30.3 Å². The zero-order valence-corrected chi connectivity index (χ0v) is 11.9. The first-order chi connectivity index (χ1) is 9.65. The molecule has 4 nitrogen and oxygen atoms in total. The van der Waals surface area contributed by atoms with Crippen LogP contribution in [0.2, 0.25) is 0 Å². The van der Waals surface area contributed by atoms with Gasteiger partial charge in [-0.25, -0.2) is 0 Å². The van der Waals surface area contributed by atoms with E-state index in [1.807, 2.05) is 43.1 Å². The first-order valence-corrected chi connectivity index (χ1v) is 7.00. The molecule has 1 heterocycles. The lowest BCUT2D eigenvalue weighted by molar-refractivity contribution is 0.0723. The molecule has 1 aliphatic carbocycles. The molecule has 1 fully saturated rings. The van der Waals surface area contributed by atoms with Crippen LogP contribution in [0.4, 0.5) is 0 Å². The van der Waals surface area contributed by atoms with Crippen molar-refractivity contribution in [3.63, 3.8) is 0 Å². The molecule has 0 unspecified atom stereocenters. The number of hydrogen-bond donors (Lipinski definition) is 0.